The van der Waals surface area contributed by atoms with Crippen molar-refractivity contribution < 1.29 is 23.9 Å². The predicted molar refractivity (Wildman–Crippen MR) is 130 cm³/mol. The second-order valence-corrected chi connectivity index (χ2v) is 9.83. The van der Waals surface area contributed by atoms with Crippen LogP contribution in [0.1, 0.15) is 50.9 Å². The van der Waals surface area contributed by atoms with Gasteiger partial charge in [0.15, 0.2) is 0 Å². The molecule has 34 heavy (non-hydrogen) atoms. The largest absolute Gasteiger partial charge is 0.491 e. The highest BCUT2D eigenvalue weighted by atomic mass is 16.5. The molecule has 0 unspecified atom stereocenters. The van der Waals surface area contributed by atoms with E-state index in [2.05, 4.69) is 10.6 Å². The van der Waals surface area contributed by atoms with Gasteiger partial charge in [-0.2, -0.15) is 0 Å². The summed E-state index contributed by atoms with van der Waals surface area (Å²) in [4.78, 5) is 41.9. The highest BCUT2D eigenvalue weighted by Gasteiger charge is 2.32. The fraction of sp³-hybridized carbons (Fsp3) is 0.640. The molecule has 9 nitrogen and oxygen atoms in total. The normalized spacial score (nSPS) is 24.0. The monoisotopic (exact) mass is 474 g/mol. The van der Waals surface area contributed by atoms with Gasteiger partial charge in [-0.15, -0.1) is 0 Å². The van der Waals surface area contributed by atoms with E-state index in [1.54, 1.807) is 42.2 Å². The molecule has 1 aromatic carbocycles. The number of hydrogen-bond acceptors (Lipinski definition) is 5. The molecule has 4 amide bonds. The smallest absolute Gasteiger partial charge is 0.317 e. The summed E-state index contributed by atoms with van der Waals surface area (Å²) in [5.41, 5.74) is 0.990. The minimum Gasteiger partial charge on any atom is -0.491 e. The van der Waals surface area contributed by atoms with Crippen molar-refractivity contribution in [3.05, 3.63) is 23.8 Å². The van der Waals surface area contributed by atoms with Gasteiger partial charge in [-0.3, -0.25) is 9.59 Å². The van der Waals surface area contributed by atoms with Crippen LogP contribution < -0.4 is 15.4 Å². The van der Waals surface area contributed by atoms with Crippen LogP contribution in [0.15, 0.2) is 18.2 Å². The highest BCUT2D eigenvalue weighted by Crippen LogP contribution is 2.32. The minimum absolute atomic E-state index is 0.00218. The second-order valence-electron chi connectivity index (χ2n) is 9.83. The number of anilines is 1. The number of amides is 4. The summed E-state index contributed by atoms with van der Waals surface area (Å²) in [5.74, 6) is 0.227. The summed E-state index contributed by atoms with van der Waals surface area (Å²) in [7, 11) is 3.35. The maximum Gasteiger partial charge on any atom is 0.317 e. The van der Waals surface area contributed by atoms with Gasteiger partial charge in [-0.25, -0.2) is 4.79 Å². The van der Waals surface area contributed by atoms with Gasteiger partial charge in [0.1, 0.15) is 12.4 Å². The molecule has 1 heterocycles. The molecule has 2 N–H and O–H groups in total. The van der Waals surface area contributed by atoms with Crippen molar-refractivity contribution in [1.82, 2.24) is 15.1 Å². The van der Waals surface area contributed by atoms with Crippen LogP contribution in [0, 0.1) is 11.8 Å². The highest BCUT2D eigenvalue weighted by molar-refractivity contribution is 5.99. The van der Waals surface area contributed by atoms with Gasteiger partial charge in [0.25, 0.3) is 5.91 Å². The van der Waals surface area contributed by atoms with Gasteiger partial charge in [0.05, 0.1) is 17.7 Å². The van der Waals surface area contributed by atoms with E-state index < -0.39 is 0 Å². The summed E-state index contributed by atoms with van der Waals surface area (Å²) < 4.78 is 11.8. The summed E-state index contributed by atoms with van der Waals surface area (Å²) in [6.07, 6.45) is 1.56. The van der Waals surface area contributed by atoms with E-state index in [1.807, 2.05) is 27.7 Å². The van der Waals surface area contributed by atoms with Crippen molar-refractivity contribution in [3.8, 4) is 5.75 Å². The topological polar surface area (TPSA) is 100 Å². The zero-order chi connectivity index (χ0) is 25.0. The summed E-state index contributed by atoms with van der Waals surface area (Å²) >= 11 is 0. The van der Waals surface area contributed by atoms with Crippen LogP contribution in [0.25, 0.3) is 0 Å². The molecule has 2 aliphatic rings. The SMILES string of the molecule is CO[C@@H]1CN(C)C(=O)c2ccc(NC(=O)C3CC3)cc2OC[C@H](C)N(C(=O)NC(C)C)C[C@@H]1C. The first-order valence-electron chi connectivity index (χ1n) is 12.0. The number of methoxy groups -OCH3 is 1. The number of carbonyl (C=O) groups is 3. The number of fused-ring (bicyclic) bond motifs is 1. The Morgan fingerprint density at radius 3 is 2.50 bits per heavy atom. The third-order valence-corrected chi connectivity index (χ3v) is 6.34. The average molecular weight is 475 g/mol. The van der Waals surface area contributed by atoms with E-state index in [9.17, 15) is 14.4 Å². The number of hydrogen-bond donors (Lipinski definition) is 2. The van der Waals surface area contributed by atoms with E-state index in [-0.39, 0.29) is 54.5 Å². The van der Waals surface area contributed by atoms with Crippen molar-refractivity contribution in [1.29, 1.82) is 0 Å². The molecular weight excluding hydrogens is 436 g/mol. The zero-order valence-corrected chi connectivity index (χ0v) is 21.1. The van der Waals surface area contributed by atoms with Gasteiger partial charge in [0, 0.05) is 56.9 Å². The number of benzene rings is 1. The zero-order valence-electron chi connectivity index (χ0n) is 21.1. The maximum absolute atomic E-state index is 13.3. The lowest BCUT2D eigenvalue weighted by atomic mass is 10.0. The van der Waals surface area contributed by atoms with Crippen LogP contribution in [0.2, 0.25) is 0 Å². The Kier molecular flexibility index (Phi) is 8.41. The number of rotatable bonds is 4. The number of nitrogens with zero attached hydrogens (tertiary/aromatic N) is 2. The van der Waals surface area contributed by atoms with Crippen LogP contribution in [0.3, 0.4) is 0 Å². The Morgan fingerprint density at radius 1 is 1.18 bits per heavy atom. The first kappa shape index (κ1) is 25.8. The Balaban J connectivity index is 1.92. The lowest BCUT2D eigenvalue weighted by Crippen LogP contribution is -2.52. The van der Waals surface area contributed by atoms with Crippen LogP contribution >= 0.6 is 0 Å². The number of carbonyl (C=O) groups excluding carboxylic acids is 3. The summed E-state index contributed by atoms with van der Waals surface area (Å²) in [6, 6.07) is 4.67. The first-order chi connectivity index (χ1) is 16.1. The molecule has 0 spiro atoms. The Bertz CT molecular complexity index is 901. The predicted octanol–water partition coefficient (Wildman–Crippen LogP) is 2.96. The Hall–Kier alpha value is -2.81. The lowest BCUT2D eigenvalue weighted by Gasteiger charge is -2.36. The standard InChI is InChI=1S/C25H38N4O5/c1-15(2)26-25(32)29-12-16(3)22(33-6)13-28(5)24(31)20-10-9-19(27-23(30)18-7-8-18)11-21(20)34-14-17(29)4/h9-11,15-18,22H,7-8,12-14H2,1-6H3,(H,26,32)(H,27,30)/t16-,17-,22+/m0/s1. The molecule has 1 aliphatic heterocycles. The molecule has 0 saturated heterocycles. The van der Waals surface area contributed by atoms with E-state index in [4.69, 9.17) is 9.47 Å². The average Bonchev–Trinajstić information content (AvgIpc) is 3.63. The molecule has 188 valence electrons. The van der Waals surface area contributed by atoms with Crippen LogP contribution in [0.5, 0.6) is 5.75 Å². The van der Waals surface area contributed by atoms with Gasteiger partial charge >= 0.3 is 6.03 Å². The second kappa shape index (κ2) is 11.1. The van der Waals surface area contributed by atoms with Crippen molar-refractivity contribution in [3.63, 3.8) is 0 Å². The van der Waals surface area contributed by atoms with Crippen LogP contribution in [-0.2, 0) is 9.53 Å². The van der Waals surface area contributed by atoms with Crippen molar-refractivity contribution in [2.24, 2.45) is 11.8 Å². The van der Waals surface area contributed by atoms with Crippen LogP contribution in [0.4, 0.5) is 10.5 Å². The molecule has 3 rings (SSSR count). The van der Waals surface area contributed by atoms with Crippen molar-refractivity contribution >= 4 is 23.5 Å². The van der Waals surface area contributed by atoms with Gasteiger partial charge < -0.3 is 29.9 Å². The molecule has 9 heteroatoms. The van der Waals surface area contributed by atoms with Crippen molar-refractivity contribution in [2.45, 2.75) is 58.7 Å². The fourth-order valence-corrected chi connectivity index (χ4v) is 4.05. The lowest BCUT2D eigenvalue weighted by molar-refractivity contribution is -0.117. The fourth-order valence-electron chi connectivity index (χ4n) is 4.05. The molecule has 0 bridgehead atoms. The van der Waals surface area contributed by atoms with Gasteiger partial charge in [0.2, 0.25) is 5.91 Å². The molecule has 1 fully saturated rings. The van der Waals surface area contributed by atoms with Crippen LogP contribution in [-0.4, -0.2) is 79.7 Å². The molecule has 0 aromatic heterocycles. The minimum atomic E-state index is -0.261. The summed E-state index contributed by atoms with van der Waals surface area (Å²) in [5, 5.41) is 5.88. The molecule has 0 radical (unpaired) electrons. The molecular formula is C25H38N4O5. The maximum atomic E-state index is 13.3. The number of likely N-dealkylation sites (N-methyl/N-ethyl adjacent to an activating group) is 1. The van der Waals surface area contributed by atoms with Gasteiger partial charge in [-0.1, -0.05) is 6.92 Å². The molecule has 1 saturated carbocycles. The number of ether oxygens (including phenoxy) is 2. The van der Waals surface area contributed by atoms with E-state index in [0.29, 0.717) is 30.1 Å². The Labute approximate surface area is 202 Å². The quantitative estimate of drug-likeness (QED) is 0.699. The number of urea groups is 1. The van der Waals surface area contributed by atoms with Gasteiger partial charge in [-0.05, 0) is 45.7 Å². The van der Waals surface area contributed by atoms with E-state index in [0.717, 1.165) is 12.8 Å². The summed E-state index contributed by atoms with van der Waals surface area (Å²) in [6.45, 7) is 8.80. The molecule has 1 aromatic rings. The Morgan fingerprint density at radius 2 is 1.88 bits per heavy atom. The molecule has 1 aliphatic carbocycles. The molecule has 3 atom stereocenters. The van der Waals surface area contributed by atoms with E-state index in [1.165, 1.54) is 0 Å². The number of nitrogens with one attached hydrogen (secondary N) is 2. The van der Waals surface area contributed by atoms with E-state index >= 15 is 0 Å². The van der Waals surface area contributed by atoms with Crippen molar-refractivity contribution in [2.75, 3.05) is 39.2 Å². The third-order valence-electron chi connectivity index (χ3n) is 6.34. The third kappa shape index (κ3) is 6.40. The first-order valence-corrected chi connectivity index (χ1v) is 12.0.